The standard InChI is InChI=1S/C23H46N2O6S4.2C21H42N2O4S4/c1-3-18-32-34-20-16-30-22(28)6-10-24(8-5-9-25(12-14-26)13-15-27)11-7-23(29)31-17-21-35-33-19-4-2;1-5-16-28-30-18-14-26-20(24)8-12-22(3)10-7-11-23(4)13-9-21(25)27-15-19-31-29-17-6-2;1-5-16-28-30-18-14-26-20(24)8-12-23(11-7-10-22(3)4)13-9-21(25)27-15-19-31-29-17-6-2/h26-27H,3-21H2,1-2H3;2*5-19H2,1-4H3. The first-order chi connectivity index (χ1) is 47.0. The molecule has 20 nitrogen and oxygen atoms in total. The molecular weight excluding hydrogens is 1470 g/mol. The van der Waals surface area contributed by atoms with E-state index in [-0.39, 0.29) is 61.9 Å². The van der Waals surface area contributed by atoms with Gasteiger partial charge in [0.15, 0.2) is 0 Å². The van der Waals surface area contributed by atoms with Gasteiger partial charge < -0.3 is 63.1 Å². The van der Waals surface area contributed by atoms with Crippen LogP contribution in [0.3, 0.4) is 0 Å². The number of nitrogens with zero attached hydrogens (tertiary/aromatic N) is 6. The summed E-state index contributed by atoms with van der Waals surface area (Å²) in [5.74, 6) is 10.6. The molecular formula is C65H130N6O14S12. The number of rotatable bonds is 70. The number of aliphatic hydroxyl groups is 2. The molecule has 0 saturated heterocycles. The zero-order chi connectivity index (χ0) is 72.3. The number of hydrogen-bond donors (Lipinski definition) is 2. The third kappa shape index (κ3) is 82.2. The number of hydrogen-bond acceptors (Lipinski definition) is 32. The largest absolute Gasteiger partial charge is 0.465 e. The fraction of sp³-hybridized carbons (Fsp3) is 0.908. The number of aliphatic hydroxyl groups excluding tert-OH is 2. The average molecular weight is 1600 g/mol. The minimum absolute atomic E-state index is 0.0475. The van der Waals surface area contributed by atoms with E-state index in [2.05, 4.69) is 66.0 Å². The fourth-order valence-corrected chi connectivity index (χ4v) is 19.4. The molecule has 0 rings (SSSR count). The van der Waals surface area contributed by atoms with Crippen LogP contribution < -0.4 is 0 Å². The summed E-state index contributed by atoms with van der Waals surface area (Å²) in [5.41, 5.74) is 0. The molecule has 97 heavy (non-hydrogen) atoms. The van der Waals surface area contributed by atoms with E-state index in [1.165, 1.54) is 12.8 Å². The van der Waals surface area contributed by atoms with Crippen molar-refractivity contribution in [2.75, 3.05) is 242 Å². The average Bonchev–Trinajstić information content (AvgIpc) is 3.23. The lowest BCUT2D eigenvalue weighted by Crippen LogP contribution is -2.35. The molecule has 0 spiro atoms. The molecule has 0 aromatic carbocycles. The van der Waals surface area contributed by atoms with Gasteiger partial charge in [-0.25, -0.2) is 0 Å². The van der Waals surface area contributed by atoms with Gasteiger partial charge in [-0.05, 0) is 125 Å². The maximum absolute atomic E-state index is 12.2. The second kappa shape index (κ2) is 82.4. The molecule has 0 aromatic rings. The Morgan fingerprint density at radius 1 is 0.258 bits per heavy atom. The Morgan fingerprint density at radius 3 is 0.670 bits per heavy atom. The molecule has 32 heteroatoms. The molecule has 0 aliphatic heterocycles. The van der Waals surface area contributed by atoms with Crippen molar-refractivity contribution in [2.45, 2.75) is 138 Å². The lowest BCUT2D eigenvalue weighted by Gasteiger charge is -2.24. The van der Waals surface area contributed by atoms with Crippen LogP contribution in [-0.4, -0.2) is 317 Å². The van der Waals surface area contributed by atoms with Crippen LogP contribution in [0.5, 0.6) is 0 Å². The maximum atomic E-state index is 12.2. The lowest BCUT2D eigenvalue weighted by molar-refractivity contribution is -0.145. The minimum atomic E-state index is -0.220. The molecule has 0 bridgehead atoms. The van der Waals surface area contributed by atoms with E-state index >= 15 is 0 Å². The van der Waals surface area contributed by atoms with Crippen molar-refractivity contribution < 1.29 is 67.4 Å². The van der Waals surface area contributed by atoms with Gasteiger partial charge in [0.25, 0.3) is 0 Å². The van der Waals surface area contributed by atoms with E-state index in [1.807, 2.05) is 76.3 Å². The van der Waals surface area contributed by atoms with Crippen molar-refractivity contribution >= 4 is 165 Å². The highest BCUT2D eigenvalue weighted by atomic mass is 33.1. The van der Waals surface area contributed by atoms with Crippen molar-refractivity contribution in [1.82, 2.24) is 29.4 Å². The van der Waals surface area contributed by atoms with E-state index in [9.17, 15) is 39.0 Å². The second-order valence-corrected chi connectivity index (χ2v) is 38.3. The van der Waals surface area contributed by atoms with Crippen molar-refractivity contribution in [3.63, 3.8) is 0 Å². The van der Waals surface area contributed by atoms with E-state index in [4.69, 9.17) is 28.4 Å². The Labute approximate surface area is 636 Å². The summed E-state index contributed by atoms with van der Waals surface area (Å²) in [6.45, 7) is 25.6. The summed E-state index contributed by atoms with van der Waals surface area (Å²) in [7, 11) is 29.5. The first-order valence-corrected chi connectivity index (χ1v) is 49.8. The molecule has 0 aromatic heterocycles. The van der Waals surface area contributed by atoms with Crippen molar-refractivity contribution in [1.29, 1.82) is 0 Å². The van der Waals surface area contributed by atoms with Crippen molar-refractivity contribution in [3.05, 3.63) is 0 Å². The van der Waals surface area contributed by atoms with Crippen LogP contribution in [0.25, 0.3) is 0 Å². The van der Waals surface area contributed by atoms with Gasteiger partial charge in [0.1, 0.15) is 39.6 Å². The highest BCUT2D eigenvalue weighted by Crippen LogP contribution is 2.25. The number of ether oxygens (including phenoxy) is 6. The zero-order valence-corrected chi connectivity index (χ0v) is 70.8. The van der Waals surface area contributed by atoms with Crippen LogP contribution in [-0.2, 0) is 57.2 Å². The highest BCUT2D eigenvalue weighted by molar-refractivity contribution is 8.78. The Balaban J connectivity index is -0.00000137. The molecule has 0 amide bonds. The molecule has 0 unspecified atom stereocenters. The summed E-state index contributed by atoms with van der Waals surface area (Å²) in [6, 6.07) is 0. The molecule has 0 atom stereocenters. The number of carbonyl (C=O) groups excluding carboxylic acids is 6. The topological polar surface area (TPSA) is 218 Å². The van der Waals surface area contributed by atoms with E-state index in [1.54, 1.807) is 86.4 Å². The van der Waals surface area contributed by atoms with Crippen LogP contribution in [0.2, 0.25) is 0 Å². The van der Waals surface area contributed by atoms with E-state index < -0.39 is 0 Å². The normalized spacial score (nSPS) is 11.3. The van der Waals surface area contributed by atoms with Gasteiger partial charge in [0.05, 0.1) is 51.7 Å². The van der Waals surface area contributed by atoms with Crippen LogP contribution in [0.1, 0.15) is 138 Å². The molecule has 0 fully saturated rings. The molecule has 0 radical (unpaired) electrons. The summed E-state index contributed by atoms with van der Waals surface area (Å²) in [5, 5.41) is 18.4. The van der Waals surface area contributed by atoms with Crippen molar-refractivity contribution in [2.24, 2.45) is 0 Å². The molecule has 2 N–H and O–H groups in total. The monoisotopic (exact) mass is 1600 g/mol. The molecule has 0 aliphatic carbocycles. The predicted octanol–water partition coefficient (Wildman–Crippen LogP) is 12.8. The van der Waals surface area contributed by atoms with Crippen LogP contribution in [0, 0.1) is 0 Å². The van der Waals surface area contributed by atoms with Gasteiger partial charge in [-0.15, -0.1) is 0 Å². The van der Waals surface area contributed by atoms with Gasteiger partial charge in [-0.2, -0.15) is 0 Å². The van der Waals surface area contributed by atoms with Gasteiger partial charge in [-0.1, -0.05) is 171 Å². The third-order valence-corrected chi connectivity index (χ3v) is 28.1. The van der Waals surface area contributed by atoms with Gasteiger partial charge in [0.2, 0.25) is 0 Å². The van der Waals surface area contributed by atoms with Gasteiger partial charge in [0, 0.05) is 121 Å². The Bertz CT molecular complexity index is 1680. The first kappa shape index (κ1) is 102. The summed E-state index contributed by atoms with van der Waals surface area (Å²) in [6.07, 6.45) is 11.9. The SMILES string of the molecule is CCCSSCCOC(=O)CCN(C)CCCN(C)CCC(=O)OCCSSCCC.CCCSSCCOC(=O)CCN(CCCN(C)C)CCC(=O)OCCSSCCC.CCCSSCCOC(=O)CCN(CCCN(CCO)CCO)CCC(=O)OCCSSCCC. The summed E-state index contributed by atoms with van der Waals surface area (Å²) in [4.78, 5) is 84.7. The first-order valence-electron chi connectivity index (χ1n) is 34.9. The van der Waals surface area contributed by atoms with Crippen LogP contribution in [0.4, 0.5) is 0 Å². The Morgan fingerprint density at radius 2 is 0.454 bits per heavy atom. The number of carbonyl (C=O) groups is 6. The third-order valence-electron chi connectivity index (χ3n) is 12.7. The van der Waals surface area contributed by atoms with Gasteiger partial charge in [-0.3, -0.25) is 33.7 Å². The van der Waals surface area contributed by atoms with Crippen LogP contribution >= 0.6 is 130 Å². The Hall–Kier alpha value is 0.700. The highest BCUT2D eigenvalue weighted by Gasteiger charge is 2.16. The summed E-state index contributed by atoms with van der Waals surface area (Å²) < 4.78 is 31.9. The molecule has 0 aliphatic rings. The number of esters is 6. The zero-order valence-electron chi connectivity index (χ0n) is 61.0. The second-order valence-electron chi connectivity index (χ2n) is 22.1. The lowest BCUT2D eigenvalue weighted by atomic mass is 10.3. The predicted molar refractivity (Wildman–Crippen MR) is 436 cm³/mol. The Kier molecular flexibility index (Phi) is 86.5. The van der Waals surface area contributed by atoms with Crippen LogP contribution in [0.15, 0.2) is 0 Å². The van der Waals surface area contributed by atoms with E-state index in [0.717, 1.165) is 147 Å². The van der Waals surface area contributed by atoms with Crippen molar-refractivity contribution in [3.8, 4) is 0 Å². The minimum Gasteiger partial charge on any atom is -0.465 e. The maximum Gasteiger partial charge on any atom is 0.307 e. The molecule has 576 valence electrons. The smallest absolute Gasteiger partial charge is 0.307 e. The van der Waals surface area contributed by atoms with E-state index in [0.29, 0.717) is 124 Å². The fourth-order valence-electron chi connectivity index (χ4n) is 7.59. The molecule has 0 saturated carbocycles. The summed E-state index contributed by atoms with van der Waals surface area (Å²) >= 11 is 0. The molecule has 0 heterocycles. The quantitative estimate of drug-likeness (QED) is 0.0250. The van der Waals surface area contributed by atoms with Gasteiger partial charge >= 0.3 is 35.8 Å².